The van der Waals surface area contributed by atoms with Crippen LogP contribution in [0.25, 0.3) is 0 Å². The Bertz CT molecular complexity index is 1080. The van der Waals surface area contributed by atoms with E-state index in [-0.39, 0.29) is 17.3 Å². The number of nitrogens with one attached hydrogen (secondary N) is 1. The minimum atomic E-state index is -3.95. The molecule has 1 N–H and O–H groups in total. The van der Waals surface area contributed by atoms with E-state index in [1.807, 2.05) is 0 Å². The fraction of sp³-hybridized carbons (Fsp3) is 0.333. The van der Waals surface area contributed by atoms with Crippen LogP contribution in [0.3, 0.4) is 0 Å². The highest BCUT2D eigenvalue weighted by atomic mass is 35.5. The summed E-state index contributed by atoms with van der Waals surface area (Å²) in [6.07, 6.45) is 0.324. The summed E-state index contributed by atoms with van der Waals surface area (Å²) in [6.45, 7) is 1.30. The molecule has 0 unspecified atom stereocenters. The summed E-state index contributed by atoms with van der Waals surface area (Å²) >= 11 is 18.1. The number of hydrogen-bond donors (Lipinski definition) is 1. The van der Waals surface area contributed by atoms with Crippen molar-refractivity contribution < 1.29 is 18.0 Å². The summed E-state index contributed by atoms with van der Waals surface area (Å²) in [5.41, 5.74) is 0.579. The summed E-state index contributed by atoms with van der Waals surface area (Å²) in [6, 6.07) is 9.66. The first-order valence-corrected chi connectivity index (χ1v) is 12.3. The molecule has 11 heteroatoms. The van der Waals surface area contributed by atoms with Gasteiger partial charge in [-0.1, -0.05) is 47.8 Å². The molecule has 2 amide bonds. The molecule has 174 valence electrons. The van der Waals surface area contributed by atoms with Gasteiger partial charge in [-0.05, 0) is 48.4 Å². The van der Waals surface area contributed by atoms with Gasteiger partial charge in [0.25, 0.3) is 0 Å². The van der Waals surface area contributed by atoms with Gasteiger partial charge in [0.1, 0.15) is 6.04 Å². The van der Waals surface area contributed by atoms with Gasteiger partial charge < -0.3 is 10.2 Å². The number of likely N-dealkylation sites (N-methyl/N-ethyl adjacent to an activating group) is 2. The Morgan fingerprint density at radius 3 is 2.16 bits per heavy atom. The maximum Gasteiger partial charge on any atom is 0.243 e. The first-order chi connectivity index (χ1) is 15.0. The summed E-state index contributed by atoms with van der Waals surface area (Å²) in [5, 5.41) is 3.71. The second-order valence-electron chi connectivity index (χ2n) is 7.01. The fourth-order valence-electron chi connectivity index (χ4n) is 3.07. The van der Waals surface area contributed by atoms with Crippen LogP contribution >= 0.6 is 34.8 Å². The number of hydrogen-bond acceptors (Lipinski definition) is 4. The minimum Gasteiger partial charge on any atom is -0.357 e. The molecule has 0 heterocycles. The van der Waals surface area contributed by atoms with Crippen LogP contribution in [0.2, 0.25) is 15.1 Å². The van der Waals surface area contributed by atoms with Crippen molar-refractivity contribution in [2.75, 3.05) is 20.6 Å². The SMILES string of the molecule is CC[C@H](C(=O)NC)N(Cc1ccc(Cl)cc1Cl)C(=O)CN(C)S(=O)(=O)c1ccc(Cl)cc1. The van der Waals surface area contributed by atoms with E-state index < -0.39 is 28.5 Å². The lowest BCUT2D eigenvalue weighted by molar-refractivity contribution is -0.141. The molecule has 0 aliphatic carbocycles. The summed E-state index contributed by atoms with van der Waals surface area (Å²) in [5.74, 6) is -0.916. The summed E-state index contributed by atoms with van der Waals surface area (Å²) < 4.78 is 26.7. The molecule has 0 radical (unpaired) electrons. The molecule has 0 aliphatic heterocycles. The van der Waals surface area contributed by atoms with Crippen LogP contribution < -0.4 is 5.32 Å². The third kappa shape index (κ3) is 6.36. The summed E-state index contributed by atoms with van der Waals surface area (Å²) in [4.78, 5) is 27.0. The van der Waals surface area contributed by atoms with E-state index in [4.69, 9.17) is 34.8 Å². The second kappa shape index (κ2) is 11.3. The van der Waals surface area contributed by atoms with Gasteiger partial charge in [0.05, 0.1) is 11.4 Å². The second-order valence-corrected chi connectivity index (χ2v) is 10.3. The van der Waals surface area contributed by atoms with Crippen molar-refractivity contribution in [1.82, 2.24) is 14.5 Å². The zero-order chi connectivity index (χ0) is 24.1. The molecule has 0 saturated heterocycles. The average molecular weight is 521 g/mol. The Labute approximate surface area is 203 Å². The largest absolute Gasteiger partial charge is 0.357 e. The average Bonchev–Trinajstić information content (AvgIpc) is 2.74. The Hall–Kier alpha value is -1.84. The lowest BCUT2D eigenvalue weighted by Crippen LogP contribution is -2.51. The molecule has 0 fully saturated rings. The molecule has 2 aromatic carbocycles. The number of amides is 2. The van der Waals surface area contributed by atoms with E-state index in [0.717, 1.165) is 4.31 Å². The molecule has 2 aromatic rings. The van der Waals surface area contributed by atoms with E-state index in [1.54, 1.807) is 25.1 Å². The minimum absolute atomic E-state index is 0.00263. The standard InChI is InChI=1S/C21H24Cl3N3O4S/c1-4-19(21(29)25-2)27(12-14-5-6-16(23)11-18(14)24)20(28)13-26(3)32(30,31)17-9-7-15(22)8-10-17/h5-11,19H,4,12-13H2,1-3H3,(H,25,29)/t19-/m1/s1. The van der Waals surface area contributed by atoms with Crippen molar-refractivity contribution in [2.45, 2.75) is 30.8 Å². The lowest BCUT2D eigenvalue weighted by Gasteiger charge is -2.31. The van der Waals surface area contributed by atoms with Gasteiger partial charge in [-0.2, -0.15) is 4.31 Å². The Morgan fingerprint density at radius 1 is 1.03 bits per heavy atom. The van der Waals surface area contributed by atoms with E-state index in [0.29, 0.717) is 27.1 Å². The monoisotopic (exact) mass is 519 g/mol. The van der Waals surface area contributed by atoms with Gasteiger partial charge in [-0.15, -0.1) is 0 Å². The Morgan fingerprint density at radius 2 is 1.62 bits per heavy atom. The van der Waals surface area contributed by atoms with Gasteiger partial charge in [0.2, 0.25) is 21.8 Å². The van der Waals surface area contributed by atoms with Crippen LogP contribution in [0.4, 0.5) is 0 Å². The molecule has 0 spiro atoms. The topological polar surface area (TPSA) is 86.8 Å². The number of rotatable bonds is 9. The van der Waals surface area contributed by atoms with E-state index in [2.05, 4.69) is 5.32 Å². The Balaban J connectivity index is 2.34. The Kier molecular flexibility index (Phi) is 9.36. The number of halogens is 3. The van der Waals surface area contributed by atoms with Crippen molar-refractivity contribution in [3.8, 4) is 0 Å². The number of benzene rings is 2. The zero-order valence-electron chi connectivity index (χ0n) is 17.8. The van der Waals surface area contributed by atoms with Crippen LogP contribution in [0.1, 0.15) is 18.9 Å². The molecule has 2 rings (SSSR count). The van der Waals surface area contributed by atoms with E-state index in [9.17, 15) is 18.0 Å². The maximum atomic E-state index is 13.2. The molecule has 1 atom stereocenters. The highest BCUT2D eigenvalue weighted by molar-refractivity contribution is 7.89. The molecular weight excluding hydrogens is 497 g/mol. The number of sulfonamides is 1. The molecular formula is C21H24Cl3N3O4S. The normalized spacial score (nSPS) is 12.5. The van der Waals surface area contributed by atoms with Crippen LogP contribution in [0.15, 0.2) is 47.4 Å². The van der Waals surface area contributed by atoms with Crippen molar-refractivity contribution in [3.05, 3.63) is 63.1 Å². The van der Waals surface area contributed by atoms with Crippen LogP contribution in [-0.4, -0.2) is 56.1 Å². The van der Waals surface area contributed by atoms with Gasteiger partial charge in [0, 0.05) is 35.7 Å². The molecule has 0 aliphatic rings. The predicted molar refractivity (Wildman–Crippen MR) is 126 cm³/mol. The zero-order valence-corrected chi connectivity index (χ0v) is 20.9. The molecule has 0 saturated carbocycles. The molecule has 7 nitrogen and oxygen atoms in total. The van der Waals surface area contributed by atoms with Gasteiger partial charge >= 0.3 is 0 Å². The van der Waals surface area contributed by atoms with Gasteiger partial charge in [-0.3, -0.25) is 9.59 Å². The van der Waals surface area contributed by atoms with Crippen molar-refractivity contribution >= 4 is 56.6 Å². The van der Waals surface area contributed by atoms with Crippen molar-refractivity contribution in [1.29, 1.82) is 0 Å². The maximum absolute atomic E-state index is 13.2. The number of carbonyl (C=O) groups excluding carboxylic acids is 2. The number of nitrogens with zero attached hydrogens (tertiary/aromatic N) is 2. The van der Waals surface area contributed by atoms with Crippen LogP contribution in [0.5, 0.6) is 0 Å². The molecule has 0 bridgehead atoms. The van der Waals surface area contributed by atoms with Crippen LogP contribution in [-0.2, 0) is 26.2 Å². The number of carbonyl (C=O) groups is 2. The highest BCUT2D eigenvalue weighted by Crippen LogP contribution is 2.24. The van der Waals surface area contributed by atoms with E-state index in [1.165, 1.54) is 43.3 Å². The van der Waals surface area contributed by atoms with Crippen LogP contribution in [0, 0.1) is 0 Å². The third-order valence-electron chi connectivity index (χ3n) is 4.87. The molecule has 32 heavy (non-hydrogen) atoms. The smallest absolute Gasteiger partial charge is 0.243 e. The lowest BCUT2D eigenvalue weighted by atomic mass is 10.1. The predicted octanol–water partition coefficient (Wildman–Crippen LogP) is 3.82. The molecule has 0 aromatic heterocycles. The van der Waals surface area contributed by atoms with E-state index >= 15 is 0 Å². The van der Waals surface area contributed by atoms with Gasteiger partial charge in [-0.25, -0.2) is 8.42 Å². The summed E-state index contributed by atoms with van der Waals surface area (Å²) in [7, 11) is -1.17. The fourth-order valence-corrected chi connectivity index (χ4v) is 4.79. The quantitative estimate of drug-likeness (QED) is 0.544. The third-order valence-corrected chi connectivity index (χ3v) is 7.52. The first kappa shape index (κ1) is 26.4. The van der Waals surface area contributed by atoms with Crippen molar-refractivity contribution in [3.63, 3.8) is 0 Å². The van der Waals surface area contributed by atoms with Crippen molar-refractivity contribution in [2.24, 2.45) is 0 Å². The van der Waals surface area contributed by atoms with Gasteiger partial charge in [0.15, 0.2) is 0 Å². The highest BCUT2D eigenvalue weighted by Gasteiger charge is 2.31. The first-order valence-electron chi connectivity index (χ1n) is 9.68.